The van der Waals surface area contributed by atoms with Crippen molar-refractivity contribution in [2.45, 2.75) is 49.9 Å². The number of thioether (sulfide) groups is 1. The molecule has 3 heterocycles. The van der Waals surface area contributed by atoms with Gasteiger partial charge in [0.25, 0.3) is 0 Å². The maximum atomic E-state index is 15.4. The Morgan fingerprint density at radius 3 is 2.84 bits per heavy atom. The van der Waals surface area contributed by atoms with Gasteiger partial charge in [-0.3, -0.25) is 9.79 Å². The van der Waals surface area contributed by atoms with Crippen molar-refractivity contribution >= 4 is 45.4 Å². The number of nitrogens with two attached hydrogens (primary N) is 1. The monoisotopic (exact) mass is 533 g/mol. The second kappa shape index (κ2) is 9.76. The van der Waals surface area contributed by atoms with Gasteiger partial charge in [0.2, 0.25) is 11.8 Å². The lowest BCUT2D eigenvalue weighted by molar-refractivity contribution is -0.125. The van der Waals surface area contributed by atoms with E-state index in [1.165, 1.54) is 24.0 Å². The third kappa shape index (κ3) is 4.72. The number of aliphatic imine (C=N–C) groups is 1. The molecule has 1 fully saturated rings. The van der Waals surface area contributed by atoms with Crippen LogP contribution in [-0.4, -0.2) is 43.4 Å². The number of nitrogens with one attached hydrogen (secondary N) is 2. The van der Waals surface area contributed by atoms with E-state index in [-0.39, 0.29) is 29.6 Å². The molecule has 0 spiro atoms. The van der Waals surface area contributed by atoms with Crippen LogP contribution in [0, 0.1) is 24.1 Å². The molecule has 3 aromatic rings. The first-order valence-corrected chi connectivity index (χ1v) is 13.1. The summed E-state index contributed by atoms with van der Waals surface area (Å²) in [5, 5.41) is 6.54. The first kappa shape index (κ1) is 25.7. The summed E-state index contributed by atoms with van der Waals surface area (Å²) in [6.07, 6.45) is 10.2. The molecule has 1 saturated carbocycles. The van der Waals surface area contributed by atoms with Gasteiger partial charge in [0.15, 0.2) is 17.6 Å². The SMILES string of the molecule is C#CCOc1cnc2c(Nc3ccc(F)c([C@@]4(C)N=C(N)S[C@](C)(C(=O)NC5CC5)[C@H]4C)c3)nccc2n1. The van der Waals surface area contributed by atoms with E-state index in [9.17, 15) is 4.79 Å². The predicted octanol–water partition coefficient (Wildman–Crippen LogP) is 3.87. The Hall–Kier alpha value is -3.91. The van der Waals surface area contributed by atoms with Crippen molar-refractivity contribution in [3.63, 3.8) is 0 Å². The molecule has 0 unspecified atom stereocenters. The van der Waals surface area contributed by atoms with Crippen molar-refractivity contribution in [1.82, 2.24) is 20.3 Å². The Bertz CT molecular complexity index is 1490. The number of carbonyl (C=O) groups excluding carboxylic acids is 1. The number of ether oxygens (including phenoxy) is 1. The fourth-order valence-electron chi connectivity index (χ4n) is 4.62. The highest BCUT2D eigenvalue weighted by atomic mass is 32.2. The molecule has 4 N–H and O–H groups in total. The van der Waals surface area contributed by atoms with Crippen LogP contribution in [0.1, 0.15) is 39.2 Å². The molecular formula is C27H28FN7O2S. The lowest BCUT2D eigenvalue weighted by Crippen LogP contribution is -2.56. The summed E-state index contributed by atoms with van der Waals surface area (Å²) in [4.78, 5) is 31.2. The minimum Gasteiger partial charge on any atom is -0.463 e. The molecule has 196 valence electrons. The second-order valence-electron chi connectivity index (χ2n) is 9.82. The van der Waals surface area contributed by atoms with Crippen LogP contribution in [0.15, 0.2) is 41.7 Å². The smallest absolute Gasteiger partial charge is 0.237 e. The number of pyridine rings is 1. The summed E-state index contributed by atoms with van der Waals surface area (Å²) in [6, 6.07) is 6.55. The molecule has 1 amide bonds. The Morgan fingerprint density at radius 2 is 2.11 bits per heavy atom. The number of aromatic nitrogens is 3. The van der Waals surface area contributed by atoms with E-state index < -0.39 is 16.1 Å². The van der Waals surface area contributed by atoms with E-state index in [0.29, 0.717) is 34.0 Å². The van der Waals surface area contributed by atoms with Crippen molar-refractivity contribution in [3.8, 4) is 18.2 Å². The summed E-state index contributed by atoms with van der Waals surface area (Å²) in [5.41, 5.74) is 7.09. The number of amidine groups is 1. The van der Waals surface area contributed by atoms with E-state index in [0.717, 1.165) is 12.8 Å². The summed E-state index contributed by atoms with van der Waals surface area (Å²) in [7, 11) is 0. The Kier molecular flexibility index (Phi) is 6.61. The molecule has 5 rings (SSSR count). The summed E-state index contributed by atoms with van der Waals surface area (Å²) >= 11 is 1.22. The van der Waals surface area contributed by atoms with Gasteiger partial charge in [0, 0.05) is 29.4 Å². The van der Waals surface area contributed by atoms with Crippen molar-refractivity contribution in [3.05, 3.63) is 48.0 Å². The van der Waals surface area contributed by atoms with Gasteiger partial charge in [-0.2, -0.15) is 0 Å². The summed E-state index contributed by atoms with van der Waals surface area (Å²) < 4.78 is 19.8. The molecule has 2 aromatic heterocycles. The molecule has 1 aromatic carbocycles. The topological polar surface area (TPSA) is 127 Å². The van der Waals surface area contributed by atoms with Crippen LogP contribution in [0.25, 0.3) is 11.0 Å². The zero-order valence-corrected chi connectivity index (χ0v) is 22.1. The number of anilines is 2. The molecule has 11 heteroatoms. The number of halogens is 1. The van der Waals surface area contributed by atoms with E-state index in [4.69, 9.17) is 16.9 Å². The highest BCUT2D eigenvalue weighted by Gasteiger charge is 2.54. The van der Waals surface area contributed by atoms with Crippen molar-refractivity contribution < 1.29 is 13.9 Å². The molecule has 38 heavy (non-hydrogen) atoms. The third-order valence-electron chi connectivity index (χ3n) is 7.21. The minimum atomic E-state index is -1.10. The standard InChI is InChI=1S/C27H28FN7O2S/c1-5-12-37-21-14-31-22-20(34-21)10-11-30-23(22)32-17-8-9-19(28)18(13-17)26(3)15(2)27(4,38-25(29)35-26)24(36)33-16-6-7-16/h1,8-11,13-16H,6-7,12H2,2-4H3,(H2,29,35)(H,30,32)(H,33,36)/t15-,26-,27-/m0/s1. The molecule has 1 aliphatic heterocycles. The second-order valence-corrected chi connectivity index (χ2v) is 11.3. The van der Waals surface area contributed by atoms with Crippen LogP contribution in [-0.2, 0) is 10.3 Å². The molecule has 2 aliphatic rings. The van der Waals surface area contributed by atoms with Crippen molar-refractivity contribution in [1.29, 1.82) is 0 Å². The maximum Gasteiger partial charge on any atom is 0.237 e. The van der Waals surface area contributed by atoms with E-state index in [2.05, 4.69) is 36.5 Å². The molecule has 3 atom stereocenters. The number of benzene rings is 1. The average Bonchev–Trinajstić information content (AvgIpc) is 3.71. The molecular weight excluding hydrogens is 505 g/mol. The number of fused-ring (bicyclic) bond motifs is 1. The molecule has 0 saturated heterocycles. The largest absolute Gasteiger partial charge is 0.463 e. The van der Waals surface area contributed by atoms with E-state index in [1.54, 1.807) is 24.4 Å². The van der Waals surface area contributed by atoms with E-state index >= 15 is 4.39 Å². The van der Waals surface area contributed by atoms with Crippen molar-refractivity contribution in [2.24, 2.45) is 16.6 Å². The Balaban J connectivity index is 1.48. The number of nitrogens with zero attached hydrogens (tertiary/aromatic N) is 4. The number of hydrogen-bond acceptors (Lipinski definition) is 9. The minimum absolute atomic E-state index is 0.0821. The van der Waals surface area contributed by atoms with Crippen LogP contribution >= 0.6 is 11.8 Å². The van der Waals surface area contributed by atoms with Gasteiger partial charge in [-0.1, -0.05) is 24.6 Å². The van der Waals surface area contributed by atoms with Gasteiger partial charge in [-0.25, -0.2) is 19.3 Å². The fraction of sp³-hybridized carbons (Fsp3) is 0.370. The molecule has 9 nitrogen and oxygen atoms in total. The predicted molar refractivity (Wildman–Crippen MR) is 147 cm³/mol. The van der Waals surface area contributed by atoms with Crippen LogP contribution in [0.5, 0.6) is 5.88 Å². The maximum absolute atomic E-state index is 15.4. The van der Waals surface area contributed by atoms with Crippen LogP contribution in [0.3, 0.4) is 0 Å². The third-order valence-corrected chi connectivity index (χ3v) is 8.47. The highest BCUT2D eigenvalue weighted by molar-refractivity contribution is 8.15. The normalized spacial score (nSPS) is 24.8. The quantitative estimate of drug-likeness (QED) is 0.391. The lowest BCUT2D eigenvalue weighted by Gasteiger charge is -2.46. The summed E-state index contributed by atoms with van der Waals surface area (Å²) in [6.45, 7) is 5.66. The van der Waals surface area contributed by atoms with Gasteiger partial charge >= 0.3 is 0 Å². The Labute approximate surface area is 224 Å². The molecule has 0 bridgehead atoms. The molecule has 0 radical (unpaired) electrons. The van der Waals surface area contributed by atoms with Crippen LogP contribution in [0.4, 0.5) is 15.9 Å². The number of carbonyl (C=O) groups is 1. The van der Waals surface area contributed by atoms with E-state index in [1.807, 2.05) is 20.8 Å². The number of terminal acetylenes is 1. The number of hydrogen-bond donors (Lipinski definition) is 3. The zero-order valence-electron chi connectivity index (χ0n) is 21.3. The van der Waals surface area contributed by atoms with Crippen LogP contribution < -0.4 is 21.1 Å². The number of rotatable bonds is 7. The fourth-order valence-corrected chi connectivity index (χ4v) is 5.84. The van der Waals surface area contributed by atoms with Crippen molar-refractivity contribution in [2.75, 3.05) is 11.9 Å². The Morgan fingerprint density at radius 1 is 1.32 bits per heavy atom. The van der Waals surface area contributed by atoms with Crippen LogP contribution in [0.2, 0.25) is 0 Å². The van der Waals surface area contributed by atoms with Gasteiger partial charge in [0.1, 0.15) is 16.1 Å². The summed E-state index contributed by atoms with van der Waals surface area (Å²) in [5.74, 6) is 2.20. The van der Waals surface area contributed by atoms with Gasteiger partial charge < -0.3 is 21.1 Å². The highest BCUT2D eigenvalue weighted by Crippen LogP contribution is 2.51. The number of amides is 1. The average molecular weight is 534 g/mol. The van der Waals surface area contributed by atoms with Gasteiger partial charge in [0.05, 0.1) is 17.3 Å². The van der Waals surface area contributed by atoms with Gasteiger partial charge in [-0.05, 0) is 51.0 Å². The zero-order chi connectivity index (χ0) is 27.1. The first-order valence-electron chi connectivity index (χ1n) is 12.2. The first-order chi connectivity index (χ1) is 18.1. The van der Waals surface area contributed by atoms with Gasteiger partial charge in [-0.15, -0.1) is 6.42 Å². The molecule has 1 aliphatic carbocycles. The lowest BCUT2D eigenvalue weighted by atomic mass is 9.73.